The van der Waals surface area contributed by atoms with E-state index in [1.54, 1.807) is 12.1 Å². The van der Waals surface area contributed by atoms with E-state index in [0.29, 0.717) is 21.6 Å². The van der Waals surface area contributed by atoms with Crippen LogP contribution in [0.1, 0.15) is 15.2 Å². The summed E-state index contributed by atoms with van der Waals surface area (Å²) in [5.74, 6) is -0.970. The van der Waals surface area contributed by atoms with Crippen LogP contribution >= 0.6 is 34.5 Å². The minimum absolute atomic E-state index is 0.231. The summed E-state index contributed by atoms with van der Waals surface area (Å²) < 4.78 is 0.716. The van der Waals surface area contributed by atoms with Crippen LogP contribution in [0.4, 0.5) is 5.69 Å². The van der Waals surface area contributed by atoms with Gasteiger partial charge in [-0.1, -0.05) is 23.2 Å². The Bertz CT molecular complexity index is 612. The molecule has 19 heavy (non-hydrogen) atoms. The van der Waals surface area contributed by atoms with Crippen LogP contribution in [0.3, 0.4) is 0 Å². The zero-order valence-electron chi connectivity index (χ0n) is 10.1. The monoisotopic (exact) mass is 315 g/mol. The molecule has 1 aromatic heterocycles. The van der Waals surface area contributed by atoms with Crippen LogP contribution in [0.25, 0.3) is 0 Å². The molecule has 1 aromatic carbocycles. The molecule has 2 aromatic rings. The van der Waals surface area contributed by atoms with Crippen molar-refractivity contribution in [1.29, 1.82) is 0 Å². The third-order valence-electron chi connectivity index (χ3n) is 2.62. The van der Waals surface area contributed by atoms with Crippen LogP contribution in [0.5, 0.6) is 0 Å². The zero-order chi connectivity index (χ0) is 14.0. The van der Waals surface area contributed by atoms with Gasteiger partial charge in [-0.3, -0.25) is 0 Å². The van der Waals surface area contributed by atoms with Crippen LogP contribution in [-0.4, -0.2) is 18.1 Å². The predicted molar refractivity (Wildman–Crippen MR) is 79.8 cm³/mol. The molecule has 6 heteroatoms. The molecule has 100 valence electrons. The van der Waals surface area contributed by atoms with Gasteiger partial charge in [-0.15, -0.1) is 11.3 Å². The number of hydrogen-bond donors (Lipinski definition) is 1. The quantitative estimate of drug-likeness (QED) is 0.909. The fourth-order valence-corrected chi connectivity index (χ4v) is 3.06. The van der Waals surface area contributed by atoms with E-state index in [0.717, 1.165) is 4.88 Å². The van der Waals surface area contributed by atoms with E-state index < -0.39 is 5.97 Å². The van der Waals surface area contributed by atoms with E-state index in [4.69, 9.17) is 23.2 Å². The Kier molecular flexibility index (Phi) is 4.34. The Morgan fingerprint density at radius 1 is 1.32 bits per heavy atom. The van der Waals surface area contributed by atoms with Crippen molar-refractivity contribution in [2.45, 2.75) is 6.54 Å². The second-order valence-corrected chi connectivity index (χ2v) is 6.26. The molecule has 0 unspecified atom stereocenters. The van der Waals surface area contributed by atoms with Crippen molar-refractivity contribution in [3.05, 3.63) is 50.1 Å². The number of nitrogens with zero attached hydrogens (tertiary/aromatic N) is 1. The van der Waals surface area contributed by atoms with Crippen LogP contribution in [0, 0.1) is 0 Å². The molecule has 0 saturated heterocycles. The molecular weight excluding hydrogens is 305 g/mol. The molecule has 0 saturated carbocycles. The molecule has 3 nitrogen and oxygen atoms in total. The highest BCUT2D eigenvalue weighted by Crippen LogP contribution is 2.28. The van der Waals surface area contributed by atoms with E-state index in [1.807, 2.05) is 24.1 Å². The number of aromatic carboxylic acids is 1. The summed E-state index contributed by atoms with van der Waals surface area (Å²) >= 11 is 13.3. The molecule has 0 amide bonds. The summed E-state index contributed by atoms with van der Waals surface area (Å²) in [6.07, 6.45) is 0. The minimum atomic E-state index is -0.970. The second-order valence-electron chi connectivity index (χ2n) is 4.03. The lowest BCUT2D eigenvalue weighted by molar-refractivity contribution is 0.0697. The highest BCUT2D eigenvalue weighted by atomic mass is 35.5. The van der Waals surface area contributed by atoms with Crippen LogP contribution in [0.15, 0.2) is 30.3 Å². The van der Waals surface area contributed by atoms with Crippen LogP contribution < -0.4 is 4.90 Å². The van der Waals surface area contributed by atoms with Gasteiger partial charge >= 0.3 is 5.97 Å². The summed E-state index contributed by atoms with van der Waals surface area (Å²) in [5, 5.41) is 9.70. The molecule has 0 atom stereocenters. The number of carboxylic acid groups (broad SMARTS) is 1. The third-order valence-corrected chi connectivity index (χ3v) is 4.07. The maximum Gasteiger partial charge on any atom is 0.337 e. The Balaban J connectivity index is 2.29. The average Bonchev–Trinajstić information content (AvgIpc) is 2.74. The van der Waals surface area contributed by atoms with Crippen molar-refractivity contribution in [3.8, 4) is 0 Å². The Morgan fingerprint density at radius 3 is 2.63 bits per heavy atom. The van der Waals surface area contributed by atoms with Gasteiger partial charge in [0.1, 0.15) is 0 Å². The molecule has 0 fully saturated rings. The lowest BCUT2D eigenvalue weighted by Crippen LogP contribution is -2.18. The van der Waals surface area contributed by atoms with Crippen molar-refractivity contribution in [2.24, 2.45) is 0 Å². The summed E-state index contributed by atoms with van der Waals surface area (Å²) in [4.78, 5) is 14.1. The van der Waals surface area contributed by atoms with Gasteiger partial charge in [0.05, 0.1) is 22.1 Å². The molecule has 2 rings (SSSR count). The van der Waals surface area contributed by atoms with Gasteiger partial charge < -0.3 is 10.0 Å². The molecule has 0 radical (unpaired) electrons. The summed E-state index contributed by atoms with van der Waals surface area (Å²) in [6.45, 7) is 0.581. The van der Waals surface area contributed by atoms with Crippen molar-refractivity contribution in [3.63, 3.8) is 0 Å². The Labute approximate surface area is 125 Å². The maximum atomic E-state index is 11.2. The fourth-order valence-electron chi connectivity index (χ4n) is 1.76. The topological polar surface area (TPSA) is 40.5 Å². The van der Waals surface area contributed by atoms with E-state index in [2.05, 4.69) is 0 Å². The molecule has 1 N–H and O–H groups in total. The fraction of sp³-hybridized carbons (Fsp3) is 0.154. The van der Waals surface area contributed by atoms with Crippen LogP contribution in [-0.2, 0) is 6.54 Å². The molecular formula is C13H11Cl2NO2S. The number of anilines is 1. The Morgan fingerprint density at radius 2 is 2.05 bits per heavy atom. The molecule has 0 spiro atoms. The number of rotatable bonds is 4. The van der Waals surface area contributed by atoms with Crippen molar-refractivity contribution >= 4 is 46.2 Å². The van der Waals surface area contributed by atoms with Crippen molar-refractivity contribution in [1.82, 2.24) is 0 Å². The minimum Gasteiger partial charge on any atom is -0.478 e. The smallest absolute Gasteiger partial charge is 0.337 e. The largest absolute Gasteiger partial charge is 0.478 e. The first-order valence-electron chi connectivity index (χ1n) is 5.45. The standard InChI is InChI=1S/C13H11Cl2NO2S/c1-16(7-9-3-5-12(15)19-9)11-6-8(14)2-4-10(11)13(17)18/h2-6H,7H2,1H3,(H,17,18). The number of hydrogen-bond acceptors (Lipinski definition) is 3. The number of carboxylic acids is 1. The molecule has 0 aliphatic carbocycles. The second kappa shape index (κ2) is 5.82. The van der Waals surface area contributed by atoms with Gasteiger partial charge in [0.15, 0.2) is 0 Å². The first kappa shape index (κ1) is 14.2. The SMILES string of the molecule is CN(Cc1ccc(Cl)s1)c1cc(Cl)ccc1C(=O)O. The van der Waals surface area contributed by atoms with E-state index in [9.17, 15) is 9.90 Å². The molecule has 0 aliphatic heterocycles. The first-order valence-corrected chi connectivity index (χ1v) is 7.03. The lowest BCUT2D eigenvalue weighted by atomic mass is 10.1. The van der Waals surface area contributed by atoms with Gasteiger partial charge in [0.25, 0.3) is 0 Å². The van der Waals surface area contributed by atoms with Crippen molar-refractivity contribution < 1.29 is 9.90 Å². The van der Waals surface area contributed by atoms with E-state index >= 15 is 0 Å². The lowest BCUT2D eigenvalue weighted by Gasteiger charge is -2.20. The molecule has 1 heterocycles. The predicted octanol–water partition coefficient (Wildman–Crippen LogP) is 4.39. The average molecular weight is 316 g/mol. The summed E-state index contributed by atoms with van der Waals surface area (Å²) in [6, 6.07) is 8.49. The van der Waals surface area contributed by atoms with Gasteiger partial charge in [0, 0.05) is 16.9 Å². The van der Waals surface area contributed by atoms with Gasteiger partial charge in [-0.2, -0.15) is 0 Å². The van der Waals surface area contributed by atoms with Crippen molar-refractivity contribution in [2.75, 3.05) is 11.9 Å². The van der Waals surface area contributed by atoms with E-state index in [1.165, 1.54) is 17.4 Å². The highest BCUT2D eigenvalue weighted by Gasteiger charge is 2.14. The zero-order valence-corrected chi connectivity index (χ0v) is 12.4. The van der Waals surface area contributed by atoms with E-state index in [-0.39, 0.29) is 5.56 Å². The summed E-state index contributed by atoms with van der Waals surface area (Å²) in [5.41, 5.74) is 0.819. The third kappa shape index (κ3) is 3.41. The number of halogens is 2. The van der Waals surface area contributed by atoms with Gasteiger partial charge in [-0.05, 0) is 30.3 Å². The Hall–Kier alpha value is -1.23. The number of carbonyl (C=O) groups is 1. The van der Waals surface area contributed by atoms with Crippen LogP contribution in [0.2, 0.25) is 9.36 Å². The molecule has 0 bridgehead atoms. The number of benzene rings is 1. The number of thiophene rings is 1. The van der Waals surface area contributed by atoms with Gasteiger partial charge in [-0.25, -0.2) is 4.79 Å². The molecule has 0 aliphatic rings. The first-order chi connectivity index (χ1) is 8.97. The van der Waals surface area contributed by atoms with Gasteiger partial charge in [0.2, 0.25) is 0 Å². The highest BCUT2D eigenvalue weighted by molar-refractivity contribution is 7.16. The summed E-state index contributed by atoms with van der Waals surface area (Å²) in [7, 11) is 1.83. The maximum absolute atomic E-state index is 11.2. The normalized spacial score (nSPS) is 10.5.